The summed E-state index contributed by atoms with van der Waals surface area (Å²) in [4.78, 5) is 0. The molecule has 1 heteroatoms. The summed E-state index contributed by atoms with van der Waals surface area (Å²) in [6.45, 7) is 2.20. The molecule has 0 aliphatic rings. The van der Waals surface area contributed by atoms with Crippen molar-refractivity contribution in [1.82, 2.24) is 4.57 Å². The van der Waals surface area contributed by atoms with Gasteiger partial charge in [-0.15, -0.1) is 0 Å². The fourth-order valence-electron chi connectivity index (χ4n) is 2.31. The van der Waals surface area contributed by atoms with E-state index in [0.29, 0.717) is 0 Å². The second-order valence-corrected chi connectivity index (χ2v) is 4.15. The molecular formula is C14H13N. The summed E-state index contributed by atoms with van der Waals surface area (Å²) in [6.07, 6.45) is 4.37. The molecular weight excluding hydrogens is 182 g/mol. The van der Waals surface area contributed by atoms with Crippen LogP contribution in [-0.2, 0) is 7.05 Å². The van der Waals surface area contributed by atoms with Gasteiger partial charge in [-0.05, 0) is 29.3 Å². The van der Waals surface area contributed by atoms with Crippen LogP contribution in [0, 0.1) is 6.92 Å². The van der Waals surface area contributed by atoms with Crippen LogP contribution < -0.4 is 0 Å². The van der Waals surface area contributed by atoms with Crippen LogP contribution in [-0.4, -0.2) is 4.57 Å². The molecule has 1 aromatic heterocycles. The number of benzene rings is 2. The zero-order valence-electron chi connectivity index (χ0n) is 8.99. The van der Waals surface area contributed by atoms with E-state index in [9.17, 15) is 0 Å². The largest absolute Gasteiger partial charge is 0.356 e. The fraction of sp³-hybridized carbons (Fsp3) is 0.143. The minimum Gasteiger partial charge on any atom is -0.356 e. The predicted octanol–water partition coefficient (Wildman–Crippen LogP) is 3.64. The lowest BCUT2D eigenvalue weighted by atomic mass is 10.0. The van der Waals surface area contributed by atoms with Gasteiger partial charge in [-0.25, -0.2) is 0 Å². The Balaban J connectivity index is 2.58. The molecule has 0 amide bonds. The second-order valence-electron chi connectivity index (χ2n) is 4.15. The highest BCUT2D eigenvalue weighted by Crippen LogP contribution is 2.27. The lowest BCUT2D eigenvalue weighted by molar-refractivity contribution is 0.933. The minimum atomic E-state index is 1.33. The maximum Gasteiger partial charge on any atom is 0.0113 e. The van der Waals surface area contributed by atoms with Crippen LogP contribution in [0.15, 0.2) is 42.7 Å². The van der Waals surface area contributed by atoms with Gasteiger partial charge in [0.05, 0.1) is 0 Å². The zero-order valence-corrected chi connectivity index (χ0v) is 8.99. The van der Waals surface area contributed by atoms with E-state index in [-0.39, 0.29) is 0 Å². The molecule has 3 aromatic rings. The maximum atomic E-state index is 2.26. The normalized spacial score (nSPS) is 11.3. The van der Waals surface area contributed by atoms with Crippen LogP contribution in [0.25, 0.3) is 21.5 Å². The number of hydrogen-bond donors (Lipinski definition) is 0. The average Bonchev–Trinajstić information content (AvgIpc) is 2.59. The number of nitrogens with zero attached hydrogens (tertiary/aromatic N) is 1. The molecule has 0 bridgehead atoms. The van der Waals surface area contributed by atoms with Gasteiger partial charge in [0.1, 0.15) is 0 Å². The van der Waals surface area contributed by atoms with Gasteiger partial charge in [0.25, 0.3) is 0 Å². The molecule has 1 heterocycles. The van der Waals surface area contributed by atoms with Crippen LogP contribution in [0.2, 0.25) is 0 Å². The standard InChI is InChI=1S/C14H13N/c1-10-13-6-4-3-5-11(13)7-12-8-15(2)9-14(10)12/h3-9H,1-2H3. The summed E-state index contributed by atoms with van der Waals surface area (Å²) in [5.41, 5.74) is 1.38. The molecule has 0 N–H and O–H groups in total. The van der Waals surface area contributed by atoms with E-state index in [1.165, 1.54) is 27.1 Å². The van der Waals surface area contributed by atoms with Crippen LogP contribution in [0.4, 0.5) is 0 Å². The molecule has 3 rings (SSSR count). The van der Waals surface area contributed by atoms with E-state index >= 15 is 0 Å². The summed E-state index contributed by atoms with van der Waals surface area (Å²) in [6, 6.07) is 10.8. The van der Waals surface area contributed by atoms with Gasteiger partial charge in [0.15, 0.2) is 0 Å². The molecule has 0 unspecified atom stereocenters. The molecule has 0 saturated heterocycles. The Kier molecular flexibility index (Phi) is 1.63. The predicted molar refractivity (Wildman–Crippen MR) is 65.2 cm³/mol. The van der Waals surface area contributed by atoms with Crippen LogP contribution >= 0.6 is 0 Å². The Morgan fingerprint density at radius 2 is 1.73 bits per heavy atom. The molecule has 0 fully saturated rings. The highest BCUT2D eigenvalue weighted by atomic mass is 14.9. The van der Waals surface area contributed by atoms with Gasteiger partial charge in [0.2, 0.25) is 0 Å². The number of rotatable bonds is 0. The number of hydrogen-bond acceptors (Lipinski definition) is 0. The van der Waals surface area contributed by atoms with E-state index in [2.05, 4.69) is 61.3 Å². The SMILES string of the molecule is Cc1c2ccccc2cc2cn(C)cc12. The first kappa shape index (κ1) is 8.54. The van der Waals surface area contributed by atoms with Gasteiger partial charge in [0, 0.05) is 30.2 Å². The van der Waals surface area contributed by atoms with Gasteiger partial charge in [-0.1, -0.05) is 24.3 Å². The van der Waals surface area contributed by atoms with Gasteiger partial charge < -0.3 is 4.57 Å². The van der Waals surface area contributed by atoms with Crippen molar-refractivity contribution < 1.29 is 0 Å². The third-order valence-electron chi connectivity index (χ3n) is 3.07. The molecule has 0 aliphatic carbocycles. The number of aromatic nitrogens is 1. The summed E-state index contributed by atoms with van der Waals surface area (Å²) in [7, 11) is 2.07. The Labute approximate surface area is 88.9 Å². The highest BCUT2D eigenvalue weighted by Gasteiger charge is 2.04. The first-order chi connectivity index (χ1) is 7.25. The molecule has 0 radical (unpaired) electrons. The molecule has 0 spiro atoms. The van der Waals surface area contributed by atoms with E-state index in [1.807, 2.05) is 0 Å². The Morgan fingerprint density at radius 1 is 0.933 bits per heavy atom. The lowest BCUT2D eigenvalue weighted by Gasteiger charge is -2.03. The fourth-order valence-corrected chi connectivity index (χ4v) is 2.31. The van der Waals surface area contributed by atoms with E-state index in [0.717, 1.165) is 0 Å². The third kappa shape index (κ3) is 1.16. The Bertz CT molecular complexity index is 647. The monoisotopic (exact) mass is 195 g/mol. The van der Waals surface area contributed by atoms with Crippen LogP contribution in [0.3, 0.4) is 0 Å². The first-order valence-electron chi connectivity index (χ1n) is 5.20. The van der Waals surface area contributed by atoms with Crippen molar-refractivity contribution in [1.29, 1.82) is 0 Å². The molecule has 2 aromatic carbocycles. The van der Waals surface area contributed by atoms with E-state index < -0.39 is 0 Å². The summed E-state index contributed by atoms with van der Waals surface area (Å²) in [5, 5.41) is 5.37. The topological polar surface area (TPSA) is 4.93 Å². The lowest BCUT2D eigenvalue weighted by Crippen LogP contribution is -1.79. The van der Waals surface area contributed by atoms with Crippen molar-refractivity contribution in [2.45, 2.75) is 6.92 Å². The van der Waals surface area contributed by atoms with Gasteiger partial charge >= 0.3 is 0 Å². The number of fused-ring (bicyclic) bond motifs is 2. The van der Waals surface area contributed by atoms with Crippen molar-refractivity contribution in [3.05, 3.63) is 48.3 Å². The second kappa shape index (κ2) is 2.86. The minimum absolute atomic E-state index is 1.33. The molecule has 0 aliphatic heterocycles. The zero-order chi connectivity index (χ0) is 10.4. The molecule has 0 saturated carbocycles. The van der Waals surface area contributed by atoms with Crippen molar-refractivity contribution >= 4 is 21.5 Å². The molecule has 1 nitrogen and oxygen atoms in total. The summed E-state index contributed by atoms with van der Waals surface area (Å²) >= 11 is 0. The van der Waals surface area contributed by atoms with Crippen molar-refractivity contribution in [3.8, 4) is 0 Å². The first-order valence-corrected chi connectivity index (χ1v) is 5.20. The van der Waals surface area contributed by atoms with Crippen molar-refractivity contribution in [2.24, 2.45) is 7.05 Å². The Morgan fingerprint density at radius 3 is 2.60 bits per heavy atom. The van der Waals surface area contributed by atoms with Crippen LogP contribution in [0.1, 0.15) is 5.56 Å². The average molecular weight is 195 g/mol. The van der Waals surface area contributed by atoms with E-state index in [4.69, 9.17) is 0 Å². The molecule has 0 atom stereocenters. The van der Waals surface area contributed by atoms with Crippen molar-refractivity contribution in [3.63, 3.8) is 0 Å². The van der Waals surface area contributed by atoms with Gasteiger partial charge in [-0.2, -0.15) is 0 Å². The smallest absolute Gasteiger partial charge is 0.0113 e. The van der Waals surface area contributed by atoms with Gasteiger partial charge in [-0.3, -0.25) is 0 Å². The third-order valence-corrected chi connectivity index (χ3v) is 3.07. The van der Waals surface area contributed by atoms with Crippen LogP contribution in [0.5, 0.6) is 0 Å². The van der Waals surface area contributed by atoms with E-state index in [1.54, 1.807) is 0 Å². The summed E-state index contributed by atoms with van der Waals surface area (Å²) < 4.78 is 2.12. The highest BCUT2D eigenvalue weighted by molar-refractivity contribution is 6.01. The number of aryl methyl sites for hydroxylation is 2. The molecule has 15 heavy (non-hydrogen) atoms. The Hall–Kier alpha value is -1.76. The summed E-state index contributed by atoms with van der Waals surface area (Å²) in [5.74, 6) is 0. The quantitative estimate of drug-likeness (QED) is 0.516. The maximum absolute atomic E-state index is 2.26. The van der Waals surface area contributed by atoms with Crippen molar-refractivity contribution in [2.75, 3.05) is 0 Å². The molecule has 74 valence electrons.